The second-order valence-electron chi connectivity index (χ2n) is 8.29. The molecule has 0 amide bonds. The van der Waals surface area contributed by atoms with Crippen LogP contribution in [-0.2, 0) is 5.41 Å². The number of ether oxygens (including phenoxy) is 1. The summed E-state index contributed by atoms with van der Waals surface area (Å²) in [6.45, 7) is 15.1. The Morgan fingerprint density at radius 3 is 2.35 bits per heavy atom. The van der Waals surface area contributed by atoms with E-state index in [1.807, 2.05) is 19.5 Å². The molecular formula is C23H32N2O. The van der Waals surface area contributed by atoms with Gasteiger partial charge in [-0.25, -0.2) is 4.99 Å². The van der Waals surface area contributed by atoms with Crippen LogP contribution >= 0.6 is 0 Å². The van der Waals surface area contributed by atoms with E-state index in [1.165, 1.54) is 5.56 Å². The Labute approximate surface area is 158 Å². The minimum atomic E-state index is 0.103. The van der Waals surface area contributed by atoms with Gasteiger partial charge in [-0.05, 0) is 74.1 Å². The molecule has 0 aliphatic rings. The van der Waals surface area contributed by atoms with Crippen molar-refractivity contribution in [3.05, 3.63) is 53.1 Å². The summed E-state index contributed by atoms with van der Waals surface area (Å²) in [4.78, 5) is 6.72. The maximum atomic E-state index is 6.18. The van der Waals surface area contributed by atoms with Gasteiger partial charge >= 0.3 is 0 Å². The molecule has 0 bridgehead atoms. The van der Waals surface area contributed by atoms with Gasteiger partial charge in [0.1, 0.15) is 11.5 Å². The zero-order valence-corrected chi connectivity index (χ0v) is 17.4. The normalized spacial score (nSPS) is 12.0. The fraction of sp³-hybridized carbons (Fsp3) is 0.435. The van der Waals surface area contributed by atoms with Crippen molar-refractivity contribution < 1.29 is 4.74 Å². The minimum Gasteiger partial charge on any atom is -0.457 e. The molecule has 0 spiro atoms. The third kappa shape index (κ3) is 5.10. The van der Waals surface area contributed by atoms with Gasteiger partial charge in [0.05, 0.1) is 12.0 Å². The number of rotatable bonds is 5. The van der Waals surface area contributed by atoms with Crippen LogP contribution in [0.3, 0.4) is 0 Å². The number of hydrogen-bond acceptors (Lipinski definition) is 2. The number of nitrogens with zero attached hydrogens (tertiary/aromatic N) is 2. The molecule has 0 heterocycles. The van der Waals surface area contributed by atoms with Gasteiger partial charge in [0, 0.05) is 13.1 Å². The van der Waals surface area contributed by atoms with Gasteiger partial charge in [0.15, 0.2) is 0 Å². The molecule has 0 fully saturated rings. The highest BCUT2D eigenvalue weighted by molar-refractivity contribution is 5.65. The van der Waals surface area contributed by atoms with Crippen LogP contribution in [0.25, 0.3) is 0 Å². The van der Waals surface area contributed by atoms with Crippen molar-refractivity contribution in [2.24, 2.45) is 4.99 Å². The fourth-order valence-corrected chi connectivity index (χ4v) is 2.46. The Balaban J connectivity index is 2.26. The minimum absolute atomic E-state index is 0.103. The third-order valence-electron chi connectivity index (χ3n) is 4.61. The van der Waals surface area contributed by atoms with Gasteiger partial charge in [-0.3, -0.25) is 0 Å². The monoisotopic (exact) mass is 352 g/mol. The van der Waals surface area contributed by atoms with E-state index in [1.54, 1.807) is 0 Å². The third-order valence-corrected chi connectivity index (χ3v) is 4.61. The van der Waals surface area contributed by atoms with Gasteiger partial charge in [0.2, 0.25) is 0 Å². The maximum absolute atomic E-state index is 6.18. The van der Waals surface area contributed by atoms with Crippen molar-refractivity contribution in [1.29, 1.82) is 0 Å². The quantitative estimate of drug-likeness (QED) is 0.460. The Morgan fingerprint density at radius 1 is 1.04 bits per heavy atom. The first-order valence-corrected chi connectivity index (χ1v) is 9.23. The van der Waals surface area contributed by atoms with Crippen molar-refractivity contribution in [3.8, 4) is 11.5 Å². The van der Waals surface area contributed by atoms with Crippen LogP contribution in [0.15, 0.2) is 41.4 Å². The number of benzene rings is 2. The van der Waals surface area contributed by atoms with E-state index in [4.69, 9.17) is 4.74 Å². The summed E-state index contributed by atoms with van der Waals surface area (Å²) >= 11 is 0. The second-order valence-corrected chi connectivity index (χ2v) is 8.29. The molecule has 2 aromatic carbocycles. The van der Waals surface area contributed by atoms with E-state index in [0.29, 0.717) is 6.04 Å². The van der Waals surface area contributed by atoms with E-state index in [0.717, 1.165) is 28.3 Å². The molecule has 0 atom stereocenters. The standard InChI is InChI=1S/C23H32N2O/c1-16(2)25(8)15-24-21-12-18(4)22(13-17(21)3)26-20-11-9-10-19(14-20)23(5,6)7/h9-16H,1-8H3/b24-15+. The lowest BCUT2D eigenvalue weighted by atomic mass is 9.87. The molecule has 2 aromatic rings. The lowest BCUT2D eigenvalue weighted by molar-refractivity contribution is 0.429. The Hall–Kier alpha value is -2.29. The Kier molecular flexibility index (Phi) is 6.12. The predicted octanol–water partition coefficient (Wildman–Crippen LogP) is 6.39. The van der Waals surface area contributed by atoms with E-state index >= 15 is 0 Å². The molecule has 0 aliphatic carbocycles. The first kappa shape index (κ1) is 20.0. The average molecular weight is 353 g/mol. The number of aryl methyl sites for hydroxylation is 2. The zero-order chi connectivity index (χ0) is 19.5. The van der Waals surface area contributed by atoms with Gasteiger partial charge in [-0.2, -0.15) is 0 Å². The number of hydrogen-bond donors (Lipinski definition) is 0. The van der Waals surface area contributed by atoms with Gasteiger partial charge in [-0.15, -0.1) is 0 Å². The largest absolute Gasteiger partial charge is 0.457 e. The average Bonchev–Trinajstić information content (AvgIpc) is 2.55. The molecule has 140 valence electrons. The predicted molar refractivity (Wildman–Crippen MR) is 112 cm³/mol. The summed E-state index contributed by atoms with van der Waals surface area (Å²) in [6, 6.07) is 12.9. The molecule has 0 aliphatic heterocycles. The van der Waals surface area contributed by atoms with Crippen LogP contribution in [-0.4, -0.2) is 24.3 Å². The highest BCUT2D eigenvalue weighted by atomic mass is 16.5. The summed E-state index contributed by atoms with van der Waals surface area (Å²) in [5.74, 6) is 1.75. The molecule has 0 N–H and O–H groups in total. The molecule has 2 rings (SSSR count). The molecule has 0 saturated heterocycles. The van der Waals surface area contributed by atoms with Crippen LogP contribution < -0.4 is 4.74 Å². The summed E-state index contributed by atoms with van der Waals surface area (Å²) in [7, 11) is 2.04. The molecule has 3 heteroatoms. The molecule has 0 aromatic heterocycles. The van der Waals surface area contributed by atoms with Gasteiger partial charge < -0.3 is 9.64 Å². The van der Waals surface area contributed by atoms with E-state index in [-0.39, 0.29) is 5.41 Å². The first-order chi connectivity index (χ1) is 12.1. The van der Waals surface area contributed by atoms with Crippen molar-refractivity contribution in [3.63, 3.8) is 0 Å². The lowest BCUT2D eigenvalue weighted by Crippen LogP contribution is -2.24. The van der Waals surface area contributed by atoms with Crippen molar-refractivity contribution in [2.75, 3.05) is 7.05 Å². The maximum Gasteiger partial charge on any atom is 0.130 e. The topological polar surface area (TPSA) is 24.8 Å². The second kappa shape index (κ2) is 7.94. The summed E-state index contributed by atoms with van der Waals surface area (Å²) in [5, 5.41) is 0. The van der Waals surface area contributed by atoms with Crippen molar-refractivity contribution >= 4 is 12.0 Å². The zero-order valence-electron chi connectivity index (χ0n) is 17.4. The van der Waals surface area contributed by atoms with Crippen LogP contribution in [0.1, 0.15) is 51.3 Å². The molecule has 0 saturated carbocycles. The van der Waals surface area contributed by atoms with E-state index < -0.39 is 0 Å². The lowest BCUT2D eigenvalue weighted by Gasteiger charge is -2.20. The molecular weight excluding hydrogens is 320 g/mol. The van der Waals surface area contributed by atoms with Crippen LogP contribution in [0.2, 0.25) is 0 Å². The molecule has 3 nitrogen and oxygen atoms in total. The van der Waals surface area contributed by atoms with Crippen LogP contribution in [0, 0.1) is 13.8 Å². The van der Waals surface area contributed by atoms with Gasteiger partial charge in [0.25, 0.3) is 0 Å². The van der Waals surface area contributed by atoms with Crippen molar-refractivity contribution in [1.82, 2.24) is 4.90 Å². The first-order valence-electron chi connectivity index (χ1n) is 9.23. The molecule has 0 radical (unpaired) electrons. The Bertz CT molecular complexity index is 785. The highest BCUT2D eigenvalue weighted by Gasteiger charge is 2.14. The number of aliphatic imine (C=N–C) groups is 1. The Morgan fingerprint density at radius 2 is 1.73 bits per heavy atom. The summed E-state index contributed by atoms with van der Waals surface area (Å²) < 4.78 is 6.18. The summed E-state index contributed by atoms with van der Waals surface area (Å²) in [6.07, 6.45) is 1.89. The van der Waals surface area contributed by atoms with Crippen LogP contribution in [0.4, 0.5) is 5.69 Å². The SMILES string of the molecule is Cc1cc(Oc2cccc(C(C)(C)C)c2)c(C)cc1/N=C/N(C)C(C)C. The highest BCUT2D eigenvalue weighted by Crippen LogP contribution is 2.33. The van der Waals surface area contributed by atoms with Crippen molar-refractivity contribution in [2.45, 2.75) is 59.9 Å². The van der Waals surface area contributed by atoms with E-state index in [2.05, 4.69) is 88.7 Å². The molecule has 0 unspecified atom stereocenters. The van der Waals surface area contributed by atoms with E-state index in [9.17, 15) is 0 Å². The van der Waals surface area contributed by atoms with Gasteiger partial charge in [-0.1, -0.05) is 32.9 Å². The molecule has 26 heavy (non-hydrogen) atoms. The smallest absolute Gasteiger partial charge is 0.130 e. The fourth-order valence-electron chi connectivity index (χ4n) is 2.46. The summed E-state index contributed by atoms with van der Waals surface area (Å²) in [5.41, 5.74) is 4.53. The van der Waals surface area contributed by atoms with Crippen LogP contribution in [0.5, 0.6) is 11.5 Å².